The highest BCUT2D eigenvalue weighted by molar-refractivity contribution is 5.78. The summed E-state index contributed by atoms with van der Waals surface area (Å²) in [6.45, 7) is 2.72. The third-order valence-corrected chi connectivity index (χ3v) is 5.85. The zero-order valence-corrected chi connectivity index (χ0v) is 15.3. The molecule has 0 aromatic carbocycles. The van der Waals surface area contributed by atoms with E-state index in [9.17, 15) is 4.79 Å². The van der Waals surface area contributed by atoms with Gasteiger partial charge in [0, 0.05) is 44.4 Å². The van der Waals surface area contributed by atoms with Gasteiger partial charge in [0.1, 0.15) is 5.52 Å². The van der Waals surface area contributed by atoms with Crippen LogP contribution in [0.4, 0.5) is 0 Å². The van der Waals surface area contributed by atoms with Gasteiger partial charge in [0.25, 0.3) is 0 Å². The van der Waals surface area contributed by atoms with Crippen LogP contribution in [0.1, 0.15) is 56.6 Å². The van der Waals surface area contributed by atoms with Crippen molar-refractivity contribution in [3.05, 3.63) is 18.1 Å². The first-order valence-corrected chi connectivity index (χ1v) is 9.91. The molecular weight excluding hydrogens is 328 g/mol. The van der Waals surface area contributed by atoms with Gasteiger partial charge in [0.15, 0.2) is 5.65 Å². The number of amides is 1. The topological polar surface area (TPSA) is 89.9 Å². The Morgan fingerprint density at radius 1 is 1.15 bits per heavy atom. The molecule has 26 heavy (non-hydrogen) atoms. The zero-order valence-electron chi connectivity index (χ0n) is 15.3. The van der Waals surface area contributed by atoms with Gasteiger partial charge in [-0.05, 0) is 25.2 Å². The second-order valence-corrected chi connectivity index (χ2v) is 7.66. The molecule has 3 heterocycles. The Hall–Kier alpha value is -2.02. The summed E-state index contributed by atoms with van der Waals surface area (Å²) in [5.74, 6) is 1.14. The summed E-state index contributed by atoms with van der Waals surface area (Å²) in [6.07, 6.45) is 11.4. The molecule has 1 atom stereocenters. The number of carbonyl (C=O) groups is 1. The lowest BCUT2D eigenvalue weighted by atomic mass is 9.87. The Bertz CT molecular complexity index is 766. The van der Waals surface area contributed by atoms with Gasteiger partial charge < -0.3 is 10.6 Å². The minimum atomic E-state index is 0.239. The summed E-state index contributed by atoms with van der Waals surface area (Å²) in [4.78, 5) is 23.7. The van der Waals surface area contributed by atoms with E-state index in [2.05, 4.69) is 9.97 Å². The van der Waals surface area contributed by atoms with Crippen LogP contribution in [0.5, 0.6) is 0 Å². The quantitative estimate of drug-likeness (QED) is 0.886. The van der Waals surface area contributed by atoms with Crippen LogP contribution >= 0.6 is 0 Å². The van der Waals surface area contributed by atoms with Crippen LogP contribution in [0.2, 0.25) is 0 Å². The molecule has 0 radical (unpaired) electrons. The van der Waals surface area contributed by atoms with Crippen molar-refractivity contribution in [2.24, 2.45) is 11.7 Å². The minimum Gasteiger partial charge on any atom is -0.342 e. The van der Waals surface area contributed by atoms with Crippen LogP contribution in [-0.2, 0) is 11.3 Å². The van der Waals surface area contributed by atoms with Crippen LogP contribution in [0.25, 0.3) is 11.2 Å². The number of nitrogens with zero attached hydrogens (tertiary/aromatic N) is 5. The molecule has 0 unspecified atom stereocenters. The van der Waals surface area contributed by atoms with Crippen molar-refractivity contribution in [1.82, 2.24) is 24.6 Å². The summed E-state index contributed by atoms with van der Waals surface area (Å²) in [7, 11) is 0. The highest BCUT2D eigenvalue weighted by atomic mass is 16.2. The summed E-state index contributed by atoms with van der Waals surface area (Å²) in [6, 6.07) is 0. The molecule has 1 saturated carbocycles. The van der Waals surface area contributed by atoms with Gasteiger partial charge in [-0.25, -0.2) is 14.6 Å². The predicted molar refractivity (Wildman–Crippen MR) is 99.5 cm³/mol. The standard InChI is InChI=1S/C19H28N6O/c20-7-11-25-19-18(21-8-9-22-19)17(23-25)15-6-10-24(13-15)16(26)12-14-4-2-1-3-5-14/h8-9,14-15H,1-7,10-13,20H2/t15-/m1/s1. The number of likely N-dealkylation sites (tertiary alicyclic amines) is 1. The number of carbonyl (C=O) groups excluding carboxylic acids is 1. The van der Waals surface area contributed by atoms with Gasteiger partial charge in [0.05, 0.1) is 12.2 Å². The van der Waals surface area contributed by atoms with Crippen LogP contribution in [0.3, 0.4) is 0 Å². The van der Waals surface area contributed by atoms with Gasteiger partial charge in [-0.3, -0.25) is 4.79 Å². The van der Waals surface area contributed by atoms with Gasteiger partial charge >= 0.3 is 0 Å². The van der Waals surface area contributed by atoms with Gasteiger partial charge in [-0.15, -0.1) is 0 Å². The van der Waals surface area contributed by atoms with Crippen LogP contribution < -0.4 is 5.73 Å². The maximum atomic E-state index is 12.7. The number of nitrogens with two attached hydrogens (primary N) is 1. The van der Waals surface area contributed by atoms with E-state index in [-0.39, 0.29) is 5.92 Å². The highest BCUT2D eigenvalue weighted by Gasteiger charge is 2.32. The van der Waals surface area contributed by atoms with E-state index < -0.39 is 0 Å². The molecule has 2 aromatic heterocycles. The van der Waals surface area contributed by atoms with Crippen molar-refractivity contribution in [2.45, 2.75) is 57.4 Å². The van der Waals surface area contributed by atoms with E-state index in [4.69, 9.17) is 10.8 Å². The number of aromatic nitrogens is 4. The van der Waals surface area contributed by atoms with E-state index in [1.165, 1.54) is 32.1 Å². The summed E-state index contributed by atoms with van der Waals surface area (Å²) in [5.41, 5.74) is 8.32. The number of hydrogen-bond donors (Lipinski definition) is 1. The largest absolute Gasteiger partial charge is 0.342 e. The fourth-order valence-electron chi connectivity index (χ4n) is 4.46. The Labute approximate surface area is 154 Å². The molecule has 1 aliphatic heterocycles. The van der Waals surface area contributed by atoms with Gasteiger partial charge in [-0.1, -0.05) is 19.3 Å². The van der Waals surface area contributed by atoms with Crippen molar-refractivity contribution in [3.63, 3.8) is 0 Å². The van der Waals surface area contributed by atoms with Crippen molar-refractivity contribution in [2.75, 3.05) is 19.6 Å². The molecule has 1 saturated heterocycles. The molecule has 2 aromatic rings. The number of fused-ring (bicyclic) bond motifs is 1. The first kappa shape index (κ1) is 17.4. The van der Waals surface area contributed by atoms with Gasteiger partial charge in [-0.2, -0.15) is 5.10 Å². The SMILES string of the molecule is NCCn1nc([C@@H]2CCN(C(=O)CC3CCCCC3)C2)c2nccnc21. The van der Waals surface area contributed by atoms with E-state index in [0.717, 1.165) is 42.8 Å². The lowest BCUT2D eigenvalue weighted by Crippen LogP contribution is -2.30. The fourth-order valence-corrected chi connectivity index (χ4v) is 4.46. The molecule has 1 amide bonds. The molecule has 7 heteroatoms. The molecule has 0 bridgehead atoms. The van der Waals surface area contributed by atoms with Crippen molar-refractivity contribution >= 4 is 17.1 Å². The maximum Gasteiger partial charge on any atom is 0.222 e. The highest BCUT2D eigenvalue weighted by Crippen LogP contribution is 2.32. The van der Waals surface area contributed by atoms with E-state index in [0.29, 0.717) is 24.9 Å². The van der Waals surface area contributed by atoms with E-state index in [1.54, 1.807) is 12.4 Å². The Morgan fingerprint density at radius 2 is 1.96 bits per heavy atom. The Balaban J connectivity index is 1.46. The van der Waals surface area contributed by atoms with Crippen molar-refractivity contribution in [1.29, 1.82) is 0 Å². The molecule has 2 fully saturated rings. The average molecular weight is 356 g/mol. The average Bonchev–Trinajstić information content (AvgIpc) is 3.28. The number of rotatable bonds is 5. The lowest BCUT2D eigenvalue weighted by molar-refractivity contribution is -0.131. The van der Waals surface area contributed by atoms with E-state index in [1.807, 2.05) is 9.58 Å². The molecule has 1 aliphatic carbocycles. The summed E-state index contributed by atoms with van der Waals surface area (Å²) >= 11 is 0. The van der Waals surface area contributed by atoms with Crippen LogP contribution in [-0.4, -0.2) is 50.2 Å². The predicted octanol–water partition coefficient (Wildman–Crippen LogP) is 2.07. The van der Waals surface area contributed by atoms with Crippen LogP contribution in [0, 0.1) is 5.92 Å². The minimum absolute atomic E-state index is 0.239. The maximum absolute atomic E-state index is 12.7. The molecule has 0 spiro atoms. The molecule has 140 valence electrons. The Kier molecular flexibility index (Phi) is 5.15. The molecule has 7 nitrogen and oxygen atoms in total. The third-order valence-electron chi connectivity index (χ3n) is 5.85. The lowest BCUT2D eigenvalue weighted by Gasteiger charge is -2.24. The van der Waals surface area contributed by atoms with Crippen LogP contribution in [0.15, 0.2) is 12.4 Å². The van der Waals surface area contributed by atoms with E-state index >= 15 is 0 Å². The van der Waals surface area contributed by atoms with Crippen molar-refractivity contribution < 1.29 is 4.79 Å². The monoisotopic (exact) mass is 356 g/mol. The molecule has 4 rings (SSSR count). The normalized spacial score (nSPS) is 21.6. The summed E-state index contributed by atoms with van der Waals surface area (Å²) < 4.78 is 1.85. The van der Waals surface area contributed by atoms with Crippen molar-refractivity contribution in [3.8, 4) is 0 Å². The smallest absolute Gasteiger partial charge is 0.222 e. The number of hydrogen-bond acceptors (Lipinski definition) is 5. The molecular formula is C19H28N6O. The molecule has 2 N–H and O–H groups in total. The second-order valence-electron chi connectivity index (χ2n) is 7.66. The second kappa shape index (κ2) is 7.70. The zero-order chi connectivity index (χ0) is 17.9. The molecule has 2 aliphatic rings. The van der Waals surface area contributed by atoms with Gasteiger partial charge in [0.2, 0.25) is 5.91 Å². The Morgan fingerprint density at radius 3 is 2.77 bits per heavy atom. The fraction of sp³-hybridized carbons (Fsp3) is 0.684. The first-order chi connectivity index (χ1) is 12.8. The summed E-state index contributed by atoms with van der Waals surface area (Å²) in [5, 5.41) is 4.74. The third kappa shape index (κ3) is 3.45. The first-order valence-electron chi connectivity index (χ1n) is 9.91.